The molecule has 3 aliphatic carbocycles. The molecule has 2 heteroatoms. The molecule has 3 fully saturated rings. The van der Waals surface area contributed by atoms with Crippen molar-refractivity contribution in [2.75, 3.05) is 0 Å². The first-order chi connectivity index (χ1) is 9.83. The normalized spacial score (nSPS) is 45.5. The Labute approximate surface area is 130 Å². The highest BCUT2D eigenvalue weighted by atomic mass is 16.6. The molecule has 7 atom stereocenters. The van der Waals surface area contributed by atoms with Gasteiger partial charge in [0.25, 0.3) is 0 Å². The van der Waals surface area contributed by atoms with Crippen molar-refractivity contribution in [3.8, 4) is 0 Å². The van der Waals surface area contributed by atoms with Crippen molar-refractivity contribution in [1.29, 1.82) is 0 Å². The zero-order valence-electron chi connectivity index (χ0n) is 14.4. The Kier molecular flexibility index (Phi) is 3.86. The molecule has 0 N–H and O–H groups in total. The molecule has 0 amide bonds. The molecule has 0 radical (unpaired) electrons. The van der Waals surface area contributed by atoms with E-state index < -0.39 is 0 Å². The second kappa shape index (κ2) is 5.28. The quantitative estimate of drug-likeness (QED) is 0.691. The van der Waals surface area contributed by atoms with Crippen LogP contribution in [0.4, 0.5) is 0 Å². The summed E-state index contributed by atoms with van der Waals surface area (Å²) in [7, 11) is 0. The minimum absolute atomic E-state index is 0.0823. The van der Waals surface area contributed by atoms with Gasteiger partial charge in [0, 0.05) is 0 Å². The summed E-state index contributed by atoms with van der Waals surface area (Å²) in [6.07, 6.45) is 6.57. The van der Waals surface area contributed by atoms with E-state index in [1.807, 2.05) is 20.8 Å². The fourth-order valence-corrected chi connectivity index (χ4v) is 6.09. The van der Waals surface area contributed by atoms with Crippen LogP contribution in [0.25, 0.3) is 0 Å². The van der Waals surface area contributed by atoms with Crippen LogP contribution in [0, 0.1) is 41.4 Å². The highest BCUT2D eigenvalue weighted by Crippen LogP contribution is 2.64. The van der Waals surface area contributed by atoms with E-state index >= 15 is 0 Å². The minimum atomic E-state index is -0.347. The van der Waals surface area contributed by atoms with E-state index in [-0.39, 0.29) is 17.5 Å². The van der Waals surface area contributed by atoms with Crippen LogP contribution in [0.5, 0.6) is 0 Å². The van der Waals surface area contributed by atoms with Crippen LogP contribution < -0.4 is 0 Å². The molecule has 3 saturated carbocycles. The van der Waals surface area contributed by atoms with Crippen molar-refractivity contribution < 1.29 is 9.53 Å². The first-order valence-corrected chi connectivity index (χ1v) is 9.06. The summed E-state index contributed by atoms with van der Waals surface area (Å²) >= 11 is 0. The van der Waals surface area contributed by atoms with Crippen molar-refractivity contribution in [2.24, 2.45) is 41.4 Å². The summed E-state index contributed by atoms with van der Waals surface area (Å²) in [4.78, 5) is 12.6. The van der Waals surface area contributed by atoms with Gasteiger partial charge in [-0.2, -0.15) is 0 Å². The molecule has 7 unspecified atom stereocenters. The number of carbonyl (C=O) groups is 1. The molecule has 0 aromatic carbocycles. The maximum Gasteiger partial charge on any atom is 0.309 e. The summed E-state index contributed by atoms with van der Waals surface area (Å²) in [6.45, 7) is 10.7. The second-order valence-corrected chi connectivity index (χ2v) is 8.82. The van der Waals surface area contributed by atoms with Crippen LogP contribution in [0.2, 0.25) is 0 Å². The average Bonchev–Trinajstić information content (AvgIpc) is 2.87. The number of ether oxygens (including phenoxy) is 1. The van der Waals surface area contributed by atoms with E-state index in [2.05, 4.69) is 13.8 Å². The first kappa shape index (κ1) is 15.4. The third kappa shape index (κ3) is 2.53. The minimum Gasteiger partial charge on any atom is -0.460 e. The number of fused-ring (bicyclic) bond motifs is 5. The lowest BCUT2D eigenvalue weighted by Gasteiger charge is -2.43. The van der Waals surface area contributed by atoms with Crippen LogP contribution >= 0.6 is 0 Å². The van der Waals surface area contributed by atoms with Crippen LogP contribution in [0.3, 0.4) is 0 Å². The predicted molar refractivity (Wildman–Crippen MR) is 84.7 cm³/mol. The Hall–Kier alpha value is -0.530. The zero-order chi connectivity index (χ0) is 15.4. The van der Waals surface area contributed by atoms with E-state index in [0.717, 1.165) is 36.0 Å². The smallest absolute Gasteiger partial charge is 0.309 e. The second-order valence-electron chi connectivity index (χ2n) is 8.82. The monoisotopic (exact) mass is 292 g/mol. The molecule has 0 aliphatic heterocycles. The van der Waals surface area contributed by atoms with Crippen LogP contribution in [-0.4, -0.2) is 11.6 Å². The average molecular weight is 292 g/mol. The summed E-state index contributed by atoms with van der Waals surface area (Å²) in [5, 5.41) is 0. The molecule has 0 spiro atoms. The van der Waals surface area contributed by atoms with Gasteiger partial charge in [-0.1, -0.05) is 33.1 Å². The van der Waals surface area contributed by atoms with E-state index in [1.54, 1.807) is 0 Å². The molecule has 21 heavy (non-hydrogen) atoms. The maximum atomic E-state index is 12.6. The topological polar surface area (TPSA) is 26.3 Å². The molecule has 0 heterocycles. The highest BCUT2D eigenvalue weighted by molar-refractivity contribution is 5.74. The van der Waals surface area contributed by atoms with Crippen LogP contribution in [-0.2, 0) is 9.53 Å². The molecule has 2 nitrogen and oxygen atoms in total. The summed E-state index contributed by atoms with van der Waals surface area (Å²) in [5.74, 6) is 5.00. The molecule has 0 aromatic heterocycles. The first-order valence-electron chi connectivity index (χ1n) is 9.06. The number of esters is 1. The molecule has 3 rings (SSSR count). The summed E-state index contributed by atoms with van der Waals surface area (Å²) in [6, 6.07) is 0. The lowest BCUT2D eigenvalue weighted by Crippen LogP contribution is -2.40. The van der Waals surface area contributed by atoms with E-state index in [1.165, 1.54) is 25.7 Å². The van der Waals surface area contributed by atoms with Gasteiger partial charge in [0.05, 0.1) is 5.92 Å². The van der Waals surface area contributed by atoms with Crippen molar-refractivity contribution in [3.05, 3.63) is 0 Å². The zero-order valence-corrected chi connectivity index (χ0v) is 14.4. The fraction of sp³-hybridized carbons (Fsp3) is 0.947. The number of rotatable bonds is 2. The Balaban J connectivity index is 1.77. The van der Waals surface area contributed by atoms with Gasteiger partial charge in [0.2, 0.25) is 0 Å². The Morgan fingerprint density at radius 1 is 1.14 bits per heavy atom. The number of carbonyl (C=O) groups excluding carboxylic acids is 1. The van der Waals surface area contributed by atoms with Gasteiger partial charge in [0.15, 0.2) is 0 Å². The summed E-state index contributed by atoms with van der Waals surface area (Å²) < 4.78 is 5.72. The molecule has 2 bridgehead atoms. The van der Waals surface area contributed by atoms with Gasteiger partial charge in [0.1, 0.15) is 5.60 Å². The highest BCUT2D eigenvalue weighted by Gasteiger charge is 2.61. The van der Waals surface area contributed by atoms with Crippen molar-refractivity contribution in [1.82, 2.24) is 0 Å². The van der Waals surface area contributed by atoms with Gasteiger partial charge >= 0.3 is 5.97 Å². The van der Waals surface area contributed by atoms with Crippen molar-refractivity contribution in [3.63, 3.8) is 0 Å². The number of hydrogen-bond acceptors (Lipinski definition) is 2. The SMILES string of the molecule is CCC1CCCC2C3C(C(=O)OC(C)(C)C)CC(C3C)C12. The van der Waals surface area contributed by atoms with Gasteiger partial charge in [-0.05, 0) is 69.1 Å². The van der Waals surface area contributed by atoms with Gasteiger partial charge in [-0.25, -0.2) is 0 Å². The van der Waals surface area contributed by atoms with Crippen LogP contribution in [0.15, 0.2) is 0 Å². The molecule has 0 saturated heterocycles. The third-order valence-corrected chi connectivity index (χ3v) is 6.65. The molecular weight excluding hydrogens is 260 g/mol. The summed E-state index contributed by atoms with van der Waals surface area (Å²) in [5.41, 5.74) is -0.347. The standard InChI is InChI=1S/C19H32O2/c1-6-12-8-7-9-13-16-11(2)14(17(12)13)10-15(16)18(20)21-19(3,4)5/h11-17H,6-10H2,1-5H3. The predicted octanol–water partition coefficient (Wildman–Crippen LogP) is 4.67. The van der Waals surface area contributed by atoms with E-state index in [0.29, 0.717) is 5.92 Å². The lowest BCUT2D eigenvalue weighted by atomic mass is 9.62. The third-order valence-electron chi connectivity index (χ3n) is 6.65. The lowest BCUT2D eigenvalue weighted by molar-refractivity contribution is -0.164. The molecule has 0 aromatic rings. The van der Waals surface area contributed by atoms with Crippen LogP contribution in [0.1, 0.15) is 66.7 Å². The van der Waals surface area contributed by atoms with Gasteiger partial charge in [-0.15, -0.1) is 0 Å². The molecular formula is C19H32O2. The van der Waals surface area contributed by atoms with Crippen molar-refractivity contribution in [2.45, 2.75) is 72.3 Å². The maximum absolute atomic E-state index is 12.6. The Bertz CT molecular complexity index is 408. The fourth-order valence-electron chi connectivity index (χ4n) is 6.09. The Morgan fingerprint density at radius 3 is 2.48 bits per heavy atom. The number of hydrogen-bond donors (Lipinski definition) is 0. The molecule has 120 valence electrons. The van der Waals surface area contributed by atoms with Gasteiger partial charge < -0.3 is 4.74 Å². The van der Waals surface area contributed by atoms with Gasteiger partial charge in [-0.3, -0.25) is 4.79 Å². The largest absolute Gasteiger partial charge is 0.460 e. The van der Waals surface area contributed by atoms with E-state index in [4.69, 9.17) is 4.74 Å². The Morgan fingerprint density at radius 2 is 1.86 bits per heavy atom. The molecule has 3 aliphatic rings. The van der Waals surface area contributed by atoms with Crippen molar-refractivity contribution >= 4 is 5.97 Å². The van der Waals surface area contributed by atoms with E-state index in [9.17, 15) is 4.79 Å².